The van der Waals surface area contributed by atoms with Gasteiger partial charge in [0.2, 0.25) is 0 Å². The van der Waals surface area contributed by atoms with E-state index in [1.165, 1.54) is 0 Å². The fourth-order valence-corrected chi connectivity index (χ4v) is 2.86. The van der Waals surface area contributed by atoms with E-state index in [9.17, 15) is 0 Å². The number of aromatic nitrogens is 4. The Bertz CT molecular complexity index is 1010. The van der Waals surface area contributed by atoms with Gasteiger partial charge >= 0.3 is 0 Å². The van der Waals surface area contributed by atoms with Crippen LogP contribution in [0, 0.1) is 11.7 Å². The number of nitrogens with zero attached hydrogens (tertiary/aromatic N) is 3. The maximum atomic E-state index is 5.44. The highest BCUT2D eigenvalue weighted by atomic mass is 32.1. The number of aryl methyl sites for hydroxylation is 1. The van der Waals surface area contributed by atoms with Crippen LogP contribution in [0.4, 0.5) is 0 Å². The van der Waals surface area contributed by atoms with E-state index in [1.807, 2.05) is 42.0 Å². The largest absolute Gasteiger partial charge is 0.359 e. The van der Waals surface area contributed by atoms with Crippen molar-refractivity contribution in [1.82, 2.24) is 19.7 Å². The lowest BCUT2D eigenvalue weighted by atomic mass is 10.2. The van der Waals surface area contributed by atoms with Crippen LogP contribution in [-0.2, 0) is 6.54 Å². The van der Waals surface area contributed by atoms with E-state index in [1.54, 1.807) is 0 Å². The Hall–Kier alpha value is -2.47. The number of hydrogen-bond donors (Lipinski definition) is 1. The number of H-pyrrole nitrogens is 1. The lowest BCUT2D eigenvalue weighted by molar-refractivity contribution is 0.373. The molecule has 1 aromatic carbocycles. The van der Waals surface area contributed by atoms with Crippen LogP contribution in [0.3, 0.4) is 0 Å². The second kappa shape index (κ2) is 4.53. The molecule has 0 atom stereocenters. The Morgan fingerprint density at radius 1 is 1.33 bits per heavy atom. The van der Waals surface area contributed by atoms with Gasteiger partial charge in [-0.05, 0) is 25.2 Å². The molecule has 0 bridgehead atoms. The van der Waals surface area contributed by atoms with E-state index in [4.69, 9.17) is 16.7 Å². The Morgan fingerprint density at radius 2 is 2.19 bits per heavy atom. The van der Waals surface area contributed by atoms with Gasteiger partial charge < -0.3 is 14.1 Å². The normalized spacial score (nSPS) is 11.5. The van der Waals surface area contributed by atoms with Gasteiger partial charge in [-0.2, -0.15) is 0 Å². The summed E-state index contributed by atoms with van der Waals surface area (Å²) < 4.78 is 7.98. The maximum Gasteiger partial charge on any atom is 0.178 e. The number of aromatic amines is 1. The van der Waals surface area contributed by atoms with Gasteiger partial charge in [-0.15, -0.1) is 0 Å². The first-order chi connectivity index (χ1) is 10.2. The molecule has 0 spiro atoms. The van der Waals surface area contributed by atoms with E-state index in [0.29, 0.717) is 11.3 Å². The average Bonchev–Trinajstić information content (AvgIpc) is 3.03. The summed E-state index contributed by atoms with van der Waals surface area (Å²) in [6.45, 7) is 2.45. The first kappa shape index (κ1) is 12.3. The molecule has 0 fully saturated rings. The van der Waals surface area contributed by atoms with Crippen LogP contribution < -0.4 is 0 Å². The van der Waals surface area contributed by atoms with Crippen molar-refractivity contribution in [3.63, 3.8) is 0 Å². The van der Waals surface area contributed by atoms with Gasteiger partial charge in [0, 0.05) is 11.5 Å². The van der Waals surface area contributed by atoms with Crippen molar-refractivity contribution in [1.29, 1.82) is 0 Å². The molecule has 1 N–H and O–H groups in total. The van der Waals surface area contributed by atoms with E-state index in [0.717, 1.165) is 33.4 Å². The van der Waals surface area contributed by atoms with Crippen LogP contribution in [0.15, 0.2) is 41.1 Å². The Morgan fingerprint density at radius 3 is 3.00 bits per heavy atom. The molecule has 0 saturated carbocycles. The molecule has 4 aromatic rings. The zero-order valence-electron chi connectivity index (χ0n) is 11.3. The summed E-state index contributed by atoms with van der Waals surface area (Å²) in [5, 5.41) is 4.99. The molecule has 0 unspecified atom stereocenters. The summed E-state index contributed by atoms with van der Waals surface area (Å²) in [7, 11) is 0. The van der Waals surface area contributed by atoms with Gasteiger partial charge in [0.1, 0.15) is 0 Å². The molecule has 3 aromatic heterocycles. The summed E-state index contributed by atoms with van der Waals surface area (Å²) in [5.74, 6) is 0.783. The van der Waals surface area contributed by atoms with Crippen LogP contribution in [0.1, 0.15) is 11.5 Å². The van der Waals surface area contributed by atoms with Gasteiger partial charge in [0.05, 0.1) is 35.0 Å². The van der Waals surface area contributed by atoms with E-state index in [2.05, 4.69) is 21.2 Å². The molecule has 5 nitrogen and oxygen atoms in total. The van der Waals surface area contributed by atoms with Crippen LogP contribution in [0.5, 0.6) is 0 Å². The summed E-state index contributed by atoms with van der Waals surface area (Å²) >= 11 is 5.44. The third-order valence-corrected chi connectivity index (χ3v) is 3.82. The highest BCUT2D eigenvalue weighted by Crippen LogP contribution is 2.24. The molecule has 0 amide bonds. The molecule has 0 radical (unpaired) electrons. The molecule has 4 rings (SSSR count). The Balaban J connectivity index is 2.01. The summed E-state index contributed by atoms with van der Waals surface area (Å²) in [6.07, 6.45) is 1.82. The topological polar surface area (TPSA) is 59.6 Å². The van der Waals surface area contributed by atoms with Crippen LogP contribution in [-0.4, -0.2) is 19.7 Å². The Labute approximate surface area is 125 Å². The highest BCUT2D eigenvalue weighted by molar-refractivity contribution is 7.71. The Kier molecular flexibility index (Phi) is 2.65. The third kappa shape index (κ3) is 1.95. The molecular weight excluding hydrogens is 284 g/mol. The molecule has 6 heteroatoms. The average molecular weight is 296 g/mol. The van der Waals surface area contributed by atoms with E-state index < -0.39 is 0 Å². The van der Waals surface area contributed by atoms with Crippen molar-refractivity contribution in [2.45, 2.75) is 13.5 Å². The number of hydrogen-bond acceptors (Lipinski definition) is 4. The van der Waals surface area contributed by atoms with E-state index in [-0.39, 0.29) is 0 Å². The number of imidazole rings is 1. The van der Waals surface area contributed by atoms with Crippen molar-refractivity contribution < 1.29 is 4.52 Å². The van der Waals surface area contributed by atoms with Crippen molar-refractivity contribution in [2.24, 2.45) is 0 Å². The maximum absolute atomic E-state index is 5.44. The third-order valence-electron chi connectivity index (χ3n) is 3.49. The lowest BCUT2D eigenvalue weighted by Crippen LogP contribution is -1.99. The lowest BCUT2D eigenvalue weighted by Gasteiger charge is -2.04. The standard InChI is InChI=1S/C15H12N4OS/c1-9-6-10(20-18-9)8-19-14-11-4-2-3-5-12(11)16-7-13(14)17-15(19)21/h2-7H,8H2,1H3,(H,17,21). The second-order valence-corrected chi connectivity index (χ2v) is 5.38. The number of rotatable bonds is 2. The SMILES string of the molecule is Cc1cc(Cn2c(=S)[nH]c3cnc4ccccc4c32)on1. The highest BCUT2D eigenvalue weighted by Gasteiger charge is 2.11. The smallest absolute Gasteiger partial charge is 0.178 e. The summed E-state index contributed by atoms with van der Waals surface area (Å²) in [6, 6.07) is 9.95. The molecule has 0 saturated heterocycles. The van der Waals surface area contributed by atoms with Gasteiger partial charge in [-0.1, -0.05) is 23.4 Å². The van der Waals surface area contributed by atoms with Crippen molar-refractivity contribution in [3.05, 3.63) is 52.8 Å². The minimum Gasteiger partial charge on any atom is -0.359 e. The molecule has 0 aliphatic heterocycles. The zero-order valence-corrected chi connectivity index (χ0v) is 12.1. The van der Waals surface area contributed by atoms with Crippen molar-refractivity contribution in [3.8, 4) is 0 Å². The molecule has 0 aliphatic carbocycles. The van der Waals surface area contributed by atoms with E-state index >= 15 is 0 Å². The fraction of sp³-hybridized carbons (Fsp3) is 0.133. The van der Waals surface area contributed by atoms with Crippen LogP contribution in [0.25, 0.3) is 21.9 Å². The molecular formula is C15H12N4OS. The quantitative estimate of drug-likeness (QED) is 0.574. The predicted octanol–water partition coefficient (Wildman–Crippen LogP) is 3.59. The van der Waals surface area contributed by atoms with Gasteiger partial charge in [-0.25, -0.2) is 0 Å². The van der Waals surface area contributed by atoms with Crippen molar-refractivity contribution in [2.75, 3.05) is 0 Å². The molecule has 0 aliphatic rings. The number of benzene rings is 1. The minimum absolute atomic E-state index is 0.549. The fourth-order valence-electron chi connectivity index (χ4n) is 2.59. The van der Waals surface area contributed by atoms with Gasteiger partial charge in [-0.3, -0.25) is 4.98 Å². The monoisotopic (exact) mass is 296 g/mol. The van der Waals surface area contributed by atoms with Crippen LogP contribution >= 0.6 is 12.2 Å². The first-order valence-electron chi connectivity index (χ1n) is 6.61. The molecule has 3 heterocycles. The minimum atomic E-state index is 0.549. The van der Waals surface area contributed by atoms with Gasteiger partial charge in [0.15, 0.2) is 10.5 Å². The number of fused-ring (bicyclic) bond motifs is 3. The van der Waals surface area contributed by atoms with Crippen molar-refractivity contribution >= 4 is 34.2 Å². The number of para-hydroxylation sites is 1. The van der Waals surface area contributed by atoms with Gasteiger partial charge in [0.25, 0.3) is 0 Å². The van der Waals surface area contributed by atoms with Crippen LogP contribution in [0.2, 0.25) is 0 Å². The second-order valence-electron chi connectivity index (χ2n) is 4.99. The summed E-state index contributed by atoms with van der Waals surface area (Å²) in [5.41, 5.74) is 3.78. The molecule has 104 valence electrons. The first-order valence-corrected chi connectivity index (χ1v) is 7.01. The molecule has 21 heavy (non-hydrogen) atoms. The predicted molar refractivity (Wildman–Crippen MR) is 82.8 cm³/mol. The number of nitrogens with one attached hydrogen (secondary N) is 1. The zero-order chi connectivity index (χ0) is 14.4. The number of pyridine rings is 1. The summed E-state index contributed by atoms with van der Waals surface area (Å²) in [4.78, 5) is 7.65.